The highest BCUT2D eigenvalue weighted by Gasteiger charge is 2.30. The number of benzene rings is 2. The lowest BCUT2D eigenvalue weighted by Gasteiger charge is -2.10. The lowest BCUT2D eigenvalue weighted by atomic mass is 10.2. The quantitative estimate of drug-likeness (QED) is 0.414. The molecule has 0 aliphatic heterocycles. The van der Waals surface area contributed by atoms with Gasteiger partial charge in [0.2, 0.25) is 5.95 Å². The van der Waals surface area contributed by atoms with Crippen LogP contribution >= 0.6 is 0 Å². The third-order valence-corrected chi connectivity index (χ3v) is 4.84. The highest BCUT2D eigenvalue weighted by atomic mass is 19.4. The molecule has 4 rings (SSSR count). The first-order valence-corrected chi connectivity index (χ1v) is 10.1. The number of nitrogens with zero attached hydrogens (tertiary/aromatic N) is 3. The molecule has 0 spiro atoms. The van der Waals surface area contributed by atoms with Crippen LogP contribution in [-0.4, -0.2) is 27.0 Å². The summed E-state index contributed by atoms with van der Waals surface area (Å²) in [5, 5.41) is 5.61. The number of alkyl halides is 3. The molecule has 0 aliphatic carbocycles. The Bertz CT molecular complexity index is 1320. The molecule has 0 fully saturated rings. The number of hydrogen-bond donors (Lipinski definition) is 2. The normalized spacial score (nSPS) is 11.4. The molecular formula is C23H20F3N5O2. The summed E-state index contributed by atoms with van der Waals surface area (Å²) in [5.74, 6) is 1.00. The third-order valence-electron chi connectivity index (χ3n) is 4.84. The maximum absolute atomic E-state index is 13.0. The molecule has 33 heavy (non-hydrogen) atoms. The van der Waals surface area contributed by atoms with Crippen molar-refractivity contribution < 1.29 is 22.7 Å². The Morgan fingerprint density at radius 2 is 1.88 bits per heavy atom. The van der Waals surface area contributed by atoms with Crippen LogP contribution in [0.2, 0.25) is 0 Å². The number of rotatable bonds is 6. The Balaban J connectivity index is 1.58. The van der Waals surface area contributed by atoms with Crippen LogP contribution in [0.15, 0.2) is 60.8 Å². The van der Waals surface area contributed by atoms with Crippen molar-refractivity contribution in [2.75, 3.05) is 11.9 Å². The van der Waals surface area contributed by atoms with Gasteiger partial charge in [-0.15, -0.1) is 0 Å². The Morgan fingerprint density at radius 1 is 1.09 bits per heavy atom. The molecule has 170 valence electrons. The van der Waals surface area contributed by atoms with E-state index in [1.165, 1.54) is 18.3 Å². The second kappa shape index (κ2) is 8.81. The van der Waals surface area contributed by atoms with Gasteiger partial charge in [-0.3, -0.25) is 9.78 Å². The summed E-state index contributed by atoms with van der Waals surface area (Å²) in [6, 6.07) is 13.3. The molecule has 7 nitrogen and oxygen atoms in total. The number of hydrogen-bond acceptors (Lipinski definition) is 5. The van der Waals surface area contributed by atoms with E-state index in [-0.39, 0.29) is 17.3 Å². The second-order valence-electron chi connectivity index (χ2n) is 7.19. The first-order chi connectivity index (χ1) is 15.7. The van der Waals surface area contributed by atoms with Crippen LogP contribution in [-0.2, 0) is 13.2 Å². The van der Waals surface area contributed by atoms with Gasteiger partial charge < -0.3 is 19.9 Å². The number of ether oxygens (including phenoxy) is 1. The molecule has 1 amide bonds. The molecule has 2 aromatic carbocycles. The van der Waals surface area contributed by atoms with Crippen LogP contribution < -0.4 is 15.4 Å². The Hall–Kier alpha value is -4.08. The van der Waals surface area contributed by atoms with Gasteiger partial charge in [0.25, 0.3) is 5.91 Å². The van der Waals surface area contributed by atoms with Gasteiger partial charge in [0, 0.05) is 37.6 Å². The number of fused-ring (bicyclic) bond motifs is 1. The number of imidazole rings is 1. The first-order valence-electron chi connectivity index (χ1n) is 10.1. The molecule has 0 aliphatic rings. The van der Waals surface area contributed by atoms with Crippen molar-refractivity contribution in [1.82, 2.24) is 19.9 Å². The Morgan fingerprint density at radius 3 is 2.64 bits per heavy atom. The molecule has 4 aromatic rings. The van der Waals surface area contributed by atoms with Crippen molar-refractivity contribution >= 4 is 28.6 Å². The molecule has 0 saturated carbocycles. The molecule has 2 N–H and O–H groups in total. The zero-order valence-corrected chi connectivity index (χ0v) is 17.8. The van der Waals surface area contributed by atoms with Crippen LogP contribution in [0.5, 0.6) is 11.5 Å². The largest absolute Gasteiger partial charge is 0.457 e. The molecule has 0 saturated heterocycles. The zero-order chi connectivity index (χ0) is 23.6. The number of carbonyl (C=O) groups is 1. The predicted molar refractivity (Wildman–Crippen MR) is 118 cm³/mol. The molecular weight excluding hydrogens is 435 g/mol. The topological polar surface area (TPSA) is 81.1 Å². The summed E-state index contributed by atoms with van der Waals surface area (Å²) < 4.78 is 46.6. The van der Waals surface area contributed by atoms with E-state index in [0.717, 1.165) is 17.6 Å². The van der Waals surface area contributed by atoms with Crippen LogP contribution in [0.25, 0.3) is 11.0 Å². The van der Waals surface area contributed by atoms with E-state index in [4.69, 9.17) is 4.74 Å². The minimum absolute atomic E-state index is 0.237. The van der Waals surface area contributed by atoms with E-state index < -0.39 is 11.7 Å². The number of nitrogens with one attached hydrogen (secondary N) is 2. The second-order valence-corrected chi connectivity index (χ2v) is 7.19. The summed E-state index contributed by atoms with van der Waals surface area (Å²) in [6.07, 6.45) is -2.95. The van der Waals surface area contributed by atoms with E-state index in [1.54, 1.807) is 41.9 Å². The number of aromatic nitrogens is 3. The molecule has 0 atom stereocenters. The van der Waals surface area contributed by atoms with E-state index in [1.807, 2.05) is 6.92 Å². The Labute approximate surface area is 187 Å². The maximum Gasteiger partial charge on any atom is 0.416 e. The fourth-order valence-corrected chi connectivity index (χ4v) is 3.24. The SMILES string of the molecule is CCNC(=O)c1cc(Oc2ccc3c(c2)nc(Nc2cccc(C(F)(F)F)c2)n3C)ccn1. The molecule has 2 heterocycles. The number of aryl methyl sites for hydroxylation is 1. The summed E-state index contributed by atoms with van der Waals surface area (Å²) in [7, 11) is 1.76. The van der Waals surface area contributed by atoms with E-state index in [0.29, 0.717) is 29.5 Å². The van der Waals surface area contributed by atoms with Crippen molar-refractivity contribution in [3.63, 3.8) is 0 Å². The lowest BCUT2D eigenvalue weighted by molar-refractivity contribution is -0.137. The lowest BCUT2D eigenvalue weighted by Crippen LogP contribution is -2.23. The average Bonchev–Trinajstić information content (AvgIpc) is 3.08. The monoisotopic (exact) mass is 455 g/mol. The highest BCUT2D eigenvalue weighted by Crippen LogP contribution is 2.32. The van der Waals surface area contributed by atoms with Gasteiger partial charge in [0.1, 0.15) is 17.2 Å². The molecule has 0 bridgehead atoms. The third kappa shape index (κ3) is 4.89. The number of amides is 1. The number of carbonyl (C=O) groups excluding carboxylic acids is 1. The summed E-state index contributed by atoms with van der Waals surface area (Å²) in [4.78, 5) is 20.5. The highest BCUT2D eigenvalue weighted by molar-refractivity contribution is 5.92. The summed E-state index contributed by atoms with van der Waals surface area (Å²) in [6.45, 7) is 2.30. The van der Waals surface area contributed by atoms with Crippen molar-refractivity contribution in [3.8, 4) is 11.5 Å². The standard InChI is InChI=1S/C23H20F3N5O2/c1-3-27-21(32)19-13-17(9-10-28-19)33-16-7-8-20-18(12-16)30-22(31(20)2)29-15-6-4-5-14(11-15)23(24,25)26/h4-13H,3H2,1-2H3,(H,27,32)(H,29,30). The van der Waals surface area contributed by atoms with Gasteiger partial charge in [-0.05, 0) is 43.3 Å². The number of anilines is 2. The molecule has 2 aromatic heterocycles. The van der Waals surface area contributed by atoms with Crippen LogP contribution in [0.3, 0.4) is 0 Å². The van der Waals surface area contributed by atoms with Gasteiger partial charge in [-0.25, -0.2) is 4.98 Å². The van der Waals surface area contributed by atoms with Gasteiger partial charge in [-0.2, -0.15) is 13.2 Å². The van der Waals surface area contributed by atoms with Crippen molar-refractivity contribution in [2.45, 2.75) is 13.1 Å². The van der Waals surface area contributed by atoms with E-state index >= 15 is 0 Å². The minimum Gasteiger partial charge on any atom is -0.457 e. The molecule has 0 radical (unpaired) electrons. The van der Waals surface area contributed by atoms with Gasteiger partial charge in [0.05, 0.1) is 16.6 Å². The van der Waals surface area contributed by atoms with Gasteiger partial charge >= 0.3 is 6.18 Å². The summed E-state index contributed by atoms with van der Waals surface area (Å²) >= 11 is 0. The smallest absolute Gasteiger partial charge is 0.416 e. The van der Waals surface area contributed by atoms with Crippen LogP contribution in [0, 0.1) is 0 Å². The number of pyridine rings is 1. The minimum atomic E-state index is -4.43. The van der Waals surface area contributed by atoms with Crippen LogP contribution in [0.4, 0.5) is 24.8 Å². The zero-order valence-electron chi connectivity index (χ0n) is 17.8. The van der Waals surface area contributed by atoms with Crippen molar-refractivity contribution in [2.24, 2.45) is 7.05 Å². The Kier molecular flexibility index (Phi) is 5.91. The predicted octanol–water partition coefficient (Wildman–Crippen LogP) is 5.27. The van der Waals surface area contributed by atoms with Gasteiger partial charge in [-0.1, -0.05) is 6.07 Å². The average molecular weight is 455 g/mol. The van der Waals surface area contributed by atoms with E-state index in [2.05, 4.69) is 20.6 Å². The number of halogens is 3. The fourth-order valence-electron chi connectivity index (χ4n) is 3.24. The van der Waals surface area contributed by atoms with Crippen molar-refractivity contribution in [3.05, 3.63) is 72.1 Å². The molecule has 10 heteroatoms. The fraction of sp³-hybridized carbons (Fsp3) is 0.174. The summed E-state index contributed by atoms with van der Waals surface area (Å²) in [5.41, 5.74) is 1.11. The maximum atomic E-state index is 13.0. The first kappa shape index (κ1) is 22.1. The van der Waals surface area contributed by atoms with Crippen LogP contribution in [0.1, 0.15) is 23.0 Å². The van der Waals surface area contributed by atoms with Crippen molar-refractivity contribution in [1.29, 1.82) is 0 Å². The molecule has 0 unspecified atom stereocenters. The van der Waals surface area contributed by atoms with E-state index in [9.17, 15) is 18.0 Å². The van der Waals surface area contributed by atoms with Gasteiger partial charge in [0.15, 0.2) is 0 Å².